The Balaban J connectivity index is 2.11. The molecular formula is C14H21N5. The molecule has 5 nitrogen and oxygen atoms in total. The van der Waals surface area contributed by atoms with Crippen LogP contribution in [-0.2, 0) is 6.54 Å². The number of likely N-dealkylation sites (N-methyl/N-ethyl adjacent to an activating group) is 2. The molecule has 4 N–H and O–H groups in total. The molecule has 0 spiro atoms. The summed E-state index contributed by atoms with van der Waals surface area (Å²) in [6, 6.07) is 7.84. The van der Waals surface area contributed by atoms with Crippen LogP contribution in [0.1, 0.15) is 5.56 Å². The van der Waals surface area contributed by atoms with Gasteiger partial charge >= 0.3 is 0 Å². The van der Waals surface area contributed by atoms with Crippen LogP contribution in [0.3, 0.4) is 0 Å². The largest absolute Gasteiger partial charge is 0.399 e. The van der Waals surface area contributed by atoms with E-state index < -0.39 is 0 Å². The van der Waals surface area contributed by atoms with Crippen LogP contribution in [-0.4, -0.2) is 42.3 Å². The molecule has 0 saturated heterocycles. The van der Waals surface area contributed by atoms with E-state index in [0.29, 0.717) is 0 Å². The first-order valence-corrected chi connectivity index (χ1v) is 6.42. The van der Waals surface area contributed by atoms with E-state index in [0.717, 1.165) is 36.6 Å². The molecule has 0 bridgehead atoms. The van der Waals surface area contributed by atoms with E-state index in [4.69, 9.17) is 5.73 Å². The second-order valence-corrected chi connectivity index (χ2v) is 4.73. The summed E-state index contributed by atoms with van der Waals surface area (Å²) in [6.45, 7) is 2.85. The van der Waals surface area contributed by atoms with Crippen molar-refractivity contribution in [2.24, 2.45) is 0 Å². The summed E-state index contributed by atoms with van der Waals surface area (Å²) in [5.41, 5.74) is 9.86. The molecule has 1 aromatic heterocycles. The van der Waals surface area contributed by atoms with Gasteiger partial charge < -0.3 is 16.0 Å². The summed E-state index contributed by atoms with van der Waals surface area (Å²) in [7, 11) is 4.07. The maximum Gasteiger partial charge on any atom is 0.0695 e. The molecule has 0 saturated carbocycles. The zero-order valence-corrected chi connectivity index (χ0v) is 11.5. The topological polar surface area (TPSA) is 70.0 Å². The Morgan fingerprint density at radius 2 is 2.05 bits per heavy atom. The molecule has 1 heterocycles. The van der Waals surface area contributed by atoms with Crippen molar-refractivity contribution in [2.45, 2.75) is 6.54 Å². The van der Waals surface area contributed by atoms with Crippen LogP contribution in [0.5, 0.6) is 0 Å². The van der Waals surface area contributed by atoms with Crippen molar-refractivity contribution < 1.29 is 0 Å². The van der Waals surface area contributed by atoms with E-state index in [1.54, 1.807) is 0 Å². The quantitative estimate of drug-likeness (QED) is 0.684. The maximum absolute atomic E-state index is 5.71. The predicted octanol–water partition coefficient (Wildman–Crippen LogP) is 1.31. The molecule has 2 rings (SSSR count). The first kappa shape index (κ1) is 13.6. The summed E-state index contributed by atoms with van der Waals surface area (Å²) in [6.07, 6.45) is 1.89. The molecule has 0 atom stereocenters. The molecule has 19 heavy (non-hydrogen) atoms. The lowest BCUT2D eigenvalue weighted by molar-refractivity contribution is 0.328. The van der Waals surface area contributed by atoms with Crippen LogP contribution in [0.25, 0.3) is 11.3 Å². The maximum atomic E-state index is 5.71. The number of nitrogens with two attached hydrogens (primary N) is 1. The van der Waals surface area contributed by atoms with Gasteiger partial charge in [-0.15, -0.1) is 0 Å². The van der Waals surface area contributed by atoms with Gasteiger partial charge in [-0.05, 0) is 26.2 Å². The summed E-state index contributed by atoms with van der Waals surface area (Å²) in [4.78, 5) is 2.27. The van der Waals surface area contributed by atoms with E-state index in [1.807, 2.05) is 37.5 Å². The minimum atomic E-state index is 0.774. The minimum Gasteiger partial charge on any atom is -0.399 e. The van der Waals surface area contributed by atoms with Gasteiger partial charge in [-0.1, -0.05) is 12.1 Å². The van der Waals surface area contributed by atoms with Gasteiger partial charge in [-0.25, -0.2) is 0 Å². The fourth-order valence-electron chi connectivity index (χ4n) is 2.00. The van der Waals surface area contributed by atoms with Crippen LogP contribution in [0, 0.1) is 0 Å². The Hall–Kier alpha value is -1.85. The number of nitrogen functional groups attached to an aromatic ring is 1. The van der Waals surface area contributed by atoms with Gasteiger partial charge in [-0.3, -0.25) is 5.10 Å². The van der Waals surface area contributed by atoms with E-state index in [-0.39, 0.29) is 0 Å². The standard InChI is InChI=1S/C14H21N5/c1-16-7-8-19(2)10-12-9-17-18-14(12)11-3-5-13(15)6-4-11/h3-6,9,16H,7-8,10,15H2,1-2H3,(H,17,18). The molecule has 0 aliphatic rings. The van der Waals surface area contributed by atoms with Gasteiger partial charge in [0.15, 0.2) is 0 Å². The fourth-order valence-corrected chi connectivity index (χ4v) is 2.00. The number of hydrogen-bond donors (Lipinski definition) is 3. The van der Waals surface area contributed by atoms with Gasteiger partial charge in [0.05, 0.1) is 11.9 Å². The van der Waals surface area contributed by atoms with Crippen molar-refractivity contribution in [2.75, 3.05) is 32.9 Å². The lowest BCUT2D eigenvalue weighted by Crippen LogP contribution is -2.26. The zero-order valence-electron chi connectivity index (χ0n) is 11.5. The highest BCUT2D eigenvalue weighted by Gasteiger charge is 2.09. The fraction of sp³-hybridized carbons (Fsp3) is 0.357. The van der Waals surface area contributed by atoms with E-state index in [1.165, 1.54) is 5.56 Å². The molecule has 0 amide bonds. The van der Waals surface area contributed by atoms with Crippen LogP contribution in [0.2, 0.25) is 0 Å². The summed E-state index contributed by atoms with van der Waals surface area (Å²) < 4.78 is 0. The van der Waals surface area contributed by atoms with Gasteiger partial charge in [0.25, 0.3) is 0 Å². The average molecular weight is 259 g/mol. The Bertz CT molecular complexity index is 503. The van der Waals surface area contributed by atoms with Crippen molar-refractivity contribution in [3.63, 3.8) is 0 Å². The van der Waals surface area contributed by atoms with E-state index in [9.17, 15) is 0 Å². The van der Waals surface area contributed by atoms with Crippen LogP contribution in [0.4, 0.5) is 5.69 Å². The molecule has 0 aliphatic carbocycles. The van der Waals surface area contributed by atoms with Crippen molar-refractivity contribution in [3.05, 3.63) is 36.0 Å². The van der Waals surface area contributed by atoms with Crippen LogP contribution < -0.4 is 11.1 Å². The number of nitrogens with zero attached hydrogens (tertiary/aromatic N) is 2. The second kappa shape index (κ2) is 6.36. The minimum absolute atomic E-state index is 0.774. The van der Waals surface area contributed by atoms with Crippen LogP contribution in [0.15, 0.2) is 30.5 Å². The third-order valence-electron chi connectivity index (χ3n) is 3.10. The van der Waals surface area contributed by atoms with E-state index in [2.05, 4.69) is 27.5 Å². The summed E-state index contributed by atoms with van der Waals surface area (Å²) >= 11 is 0. The molecule has 0 unspecified atom stereocenters. The Kier molecular flexibility index (Phi) is 4.54. The highest BCUT2D eigenvalue weighted by Crippen LogP contribution is 2.22. The third kappa shape index (κ3) is 3.56. The average Bonchev–Trinajstić information content (AvgIpc) is 2.85. The van der Waals surface area contributed by atoms with Gasteiger partial charge in [-0.2, -0.15) is 5.10 Å². The zero-order chi connectivity index (χ0) is 13.7. The normalized spacial score (nSPS) is 11.1. The first-order valence-electron chi connectivity index (χ1n) is 6.42. The lowest BCUT2D eigenvalue weighted by Gasteiger charge is -2.16. The SMILES string of the molecule is CNCCN(C)Cc1cn[nH]c1-c1ccc(N)cc1. The van der Waals surface area contributed by atoms with Crippen molar-refractivity contribution >= 4 is 5.69 Å². The molecular weight excluding hydrogens is 238 g/mol. The molecule has 1 aromatic carbocycles. The number of hydrogen-bond acceptors (Lipinski definition) is 4. The lowest BCUT2D eigenvalue weighted by atomic mass is 10.1. The smallest absolute Gasteiger partial charge is 0.0695 e. The number of aromatic nitrogens is 2. The number of rotatable bonds is 6. The molecule has 2 aromatic rings. The number of anilines is 1. The molecule has 0 fully saturated rings. The molecule has 0 aliphatic heterocycles. The number of benzene rings is 1. The molecule has 0 radical (unpaired) electrons. The number of H-pyrrole nitrogens is 1. The summed E-state index contributed by atoms with van der Waals surface area (Å²) in [5, 5.41) is 10.4. The number of aromatic amines is 1. The van der Waals surface area contributed by atoms with Gasteiger partial charge in [0.1, 0.15) is 0 Å². The van der Waals surface area contributed by atoms with Gasteiger partial charge in [0.2, 0.25) is 0 Å². The Morgan fingerprint density at radius 3 is 2.74 bits per heavy atom. The second-order valence-electron chi connectivity index (χ2n) is 4.73. The highest BCUT2D eigenvalue weighted by molar-refractivity contribution is 5.64. The van der Waals surface area contributed by atoms with Crippen molar-refractivity contribution in [1.82, 2.24) is 20.4 Å². The highest BCUT2D eigenvalue weighted by atomic mass is 15.1. The van der Waals surface area contributed by atoms with E-state index >= 15 is 0 Å². The third-order valence-corrected chi connectivity index (χ3v) is 3.10. The Morgan fingerprint density at radius 1 is 1.32 bits per heavy atom. The first-order chi connectivity index (χ1) is 9.20. The molecule has 5 heteroatoms. The number of nitrogens with one attached hydrogen (secondary N) is 2. The van der Waals surface area contributed by atoms with Gasteiger partial charge in [0, 0.05) is 36.4 Å². The van der Waals surface area contributed by atoms with Crippen molar-refractivity contribution in [3.8, 4) is 11.3 Å². The Labute approximate surface area is 113 Å². The van der Waals surface area contributed by atoms with Crippen molar-refractivity contribution in [1.29, 1.82) is 0 Å². The predicted molar refractivity (Wildman–Crippen MR) is 78.7 cm³/mol. The summed E-state index contributed by atoms with van der Waals surface area (Å²) in [5.74, 6) is 0. The molecule has 102 valence electrons. The van der Waals surface area contributed by atoms with Crippen LogP contribution >= 0.6 is 0 Å². The monoisotopic (exact) mass is 259 g/mol.